The van der Waals surface area contributed by atoms with Crippen molar-refractivity contribution in [1.82, 2.24) is 19.9 Å². The third-order valence-electron chi connectivity index (χ3n) is 8.37. The van der Waals surface area contributed by atoms with Gasteiger partial charge in [0.05, 0.1) is 11.4 Å². The van der Waals surface area contributed by atoms with Crippen LogP contribution in [0.4, 0.5) is 0 Å². The molecule has 8 rings (SSSR count). The molecule has 8 aromatic rings. The zero-order valence-electron chi connectivity index (χ0n) is 26.4. The summed E-state index contributed by atoms with van der Waals surface area (Å²) in [7, 11) is 0. The Morgan fingerprint density at radius 3 is 1.12 bits per heavy atom. The summed E-state index contributed by atoms with van der Waals surface area (Å²) < 4.78 is 0. The average molecular weight is 649 g/mol. The zero-order valence-corrected chi connectivity index (χ0v) is 27.2. The molecule has 4 nitrogen and oxygen atoms in total. The van der Waals surface area contributed by atoms with Crippen LogP contribution >= 0.6 is 11.6 Å². The van der Waals surface area contributed by atoms with Crippen molar-refractivity contribution in [2.24, 2.45) is 0 Å². The molecule has 0 fully saturated rings. The van der Waals surface area contributed by atoms with E-state index in [1.54, 1.807) is 0 Å². The standard InChI is InChI=1S/C44H29ClN4/c45-39-26-36(25-38(27-39)44-48-42(34-17-9-3-10-18-34)47-43(49-44)35-19-11-4-12-20-35)31-21-23-33(24-22-31)41-29-37(30-13-5-1-6-14-30)28-40(46-41)32-15-7-2-8-16-32/h1-29H. The molecule has 0 bridgehead atoms. The highest BCUT2D eigenvalue weighted by atomic mass is 35.5. The highest BCUT2D eigenvalue weighted by Crippen LogP contribution is 2.34. The Kier molecular flexibility index (Phi) is 8.29. The maximum atomic E-state index is 6.76. The minimum atomic E-state index is 0.559. The fraction of sp³-hybridized carbons (Fsp3) is 0. The van der Waals surface area contributed by atoms with Crippen molar-refractivity contribution in [2.75, 3.05) is 0 Å². The van der Waals surface area contributed by atoms with Gasteiger partial charge in [0.25, 0.3) is 0 Å². The van der Waals surface area contributed by atoms with Crippen molar-refractivity contribution in [3.8, 4) is 78.9 Å². The second kappa shape index (κ2) is 13.5. The monoisotopic (exact) mass is 648 g/mol. The quantitative estimate of drug-likeness (QED) is 0.172. The summed E-state index contributed by atoms with van der Waals surface area (Å²) in [5.74, 6) is 1.77. The van der Waals surface area contributed by atoms with E-state index in [9.17, 15) is 0 Å². The summed E-state index contributed by atoms with van der Waals surface area (Å²) in [5, 5.41) is 0.601. The van der Waals surface area contributed by atoms with Gasteiger partial charge in [-0.2, -0.15) is 0 Å². The van der Waals surface area contributed by atoms with Crippen molar-refractivity contribution in [1.29, 1.82) is 0 Å². The molecule has 5 heteroatoms. The third-order valence-corrected chi connectivity index (χ3v) is 8.59. The number of aromatic nitrogens is 4. The van der Waals surface area contributed by atoms with Gasteiger partial charge in [0.1, 0.15) is 0 Å². The predicted octanol–water partition coefficient (Wildman–Crippen LogP) is 11.6. The molecule has 0 spiro atoms. The van der Waals surface area contributed by atoms with Gasteiger partial charge in [-0.25, -0.2) is 19.9 Å². The van der Waals surface area contributed by atoms with Gasteiger partial charge in [0, 0.05) is 32.8 Å². The van der Waals surface area contributed by atoms with Gasteiger partial charge in [-0.3, -0.25) is 0 Å². The van der Waals surface area contributed by atoms with Crippen molar-refractivity contribution < 1.29 is 0 Å². The summed E-state index contributed by atoms with van der Waals surface area (Å²) in [6.07, 6.45) is 0. The zero-order chi connectivity index (χ0) is 33.0. The van der Waals surface area contributed by atoms with Crippen LogP contribution in [0.5, 0.6) is 0 Å². The molecule has 0 saturated carbocycles. The number of pyridine rings is 1. The van der Waals surface area contributed by atoms with Crippen LogP contribution in [-0.4, -0.2) is 19.9 Å². The number of nitrogens with zero attached hydrogens (tertiary/aromatic N) is 4. The Bertz CT molecular complexity index is 2250. The van der Waals surface area contributed by atoms with E-state index in [4.69, 9.17) is 31.5 Å². The van der Waals surface area contributed by atoms with E-state index < -0.39 is 0 Å². The normalized spacial score (nSPS) is 11.0. The Morgan fingerprint density at radius 1 is 0.265 bits per heavy atom. The molecule has 232 valence electrons. The van der Waals surface area contributed by atoms with Gasteiger partial charge in [-0.15, -0.1) is 0 Å². The highest BCUT2D eigenvalue weighted by Gasteiger charge is 2.15. The van der Waals surface area contributed by atoms with E-state index in [1.807, 2.05) is 97.1 Å². The molecular weight excluding hydrogens is 620 g/mol. The fourth-order valence-corrected chi connectivity index (χ4v) is 6.12. The maximum Gasteiger partial charge on any atom is 0.164 e. The first-order chi connectivity index (χ1) is 24.2. The van der Waals surface area contributed by atoms with Crippen LogP contribution in [0.2, 0.25) is 5.02 Å². The van der Waals surface area contributed by atoms with E-state index >= 15 is 0 Å². The second-order valence-corrected chi connectivity index (χ2v) is 12.1. The SMILES string of the molecule is Clc1cc(-c2ccc(-c3cc(-c4ccccc4)cc(-c4ccccc4)n3)cc2)cc(-c2nc(-c3ccccc3)nc(-c3ccccc3)n2)c1. The third kappa shape index (κ3) is 6.64. The number of hydrogen-bond donors (Lipinski definition) is 0. The van der Waals surface area contributed by atoms with Crippen LogP contribution < -0.4 is 0 Å². The van der Waals surface area contributed by atoms with Gasteiger partial charge in [0.15, 0.2) is 17.5 Å². The number of halogens is 1. The first-order valence-corrected chi connectivity index (χ1v) is 16.5. The molecule has 0 aliphatic rings. The molecular formula is C44H29ClN4. The molecule has 0 aliphatic carbocycles. The molecule has 2 aromatic heterocycles. The second-order valence-electron chi connectivity index (χ2n) is 11.7. The van der Waals surface area contributed by atoms with Crippen molar-refractivity contribution in [2.45, 2.75) is 0 Å². The summed E-state index contributed by atoms with van der Waals surface area (Å²) in [4.78, 5) is 19.7. The summed E-state index contributed by atoms with van der Waals surface area (Å²) in [6, 6.07) is 59.4. The largest absolute Gasteiger partial charge is 0.248 e. The predicted molar refractivity (Wildman–Crippen MR) is 201 cm³/mol. The molecule has 0 aliphatic heterocycles. The van der Waals surface area contributed by atoms with E-state index in [2.05, 4.69) is 78.9 Å². The first kappa shape index (κ1) is 30.1. The number of benzene rings is 6. The Hall–Kier alpha value is -6.23. The maximum absolute atomic E-state index is 6.76. The van der Waals surface area contributed by atoms with E-state index in [0.29, 0.717) is 22.5 Å². The van der Waals surface area contributed by atoms with Crippen LogP contribution in [0, 0.1) is 0 Å². The lowest BCUT2D eigenvalue weighted by Gasteiger charge is -2.12. The van der Waals surface area contributed by atoms with Gasteiger partial charge in [0.2, 0.25) is 0 Å². The average Bonchev–Trinajstić information content (AvgIpc) is 3.19. The van der Waals surface area contributed by atoms with Gasteiger partial charge in [-0.05, 0) is 52.6 Å². The van der Waals surface area contributed by atoms with E-state index in [-0.39, 0.29) is 0 Å². The van der Waals surface area contributed by atoms with Crippen molar-refractivity contribution in [3.05, 3.63) is 181 Å². The minimum absolute atomic E-state index is 0.559. The first-order valence-electron chi connectivity index (χ1n) is 16.1. The lowest BCUT2D eigenvalue weighted by molar-refractivity contribution is 1.07. The smallest absolute Gasteiger partial charge is 0.164 e. The molecule has 49 heavy (non-hydrogen) atoms. The lowest BCUT2D eigenvalue weighted by Crippen LogP contribution is -2.00. The minimum Gasteiger partial charge on any atom is -0.248 e. The molecule has 0 saturated heterocycles. The lowest BCUT2D eigenvalue weighted by atomic mass is 9.98. The topological polar surface area (TPSA) is 51.6 Å². The van der Waals surface area contributed by atoms with Gasteiger partial charge in [-0.1, -0.05) is 157 Å². The Morgan fingerprint density at radius 2 is 0.612 bits per heavy atom. The molecule has 0 atom stereocenters. The van der Waals surface area contributed by atoms with Crippen molar-refractivity contribution >= 4 is 11.6 Å². The van der Waals surface area contributed by atoms with Crippen LogP contribution in [-0.2, 0) is 0 Å². The summed E-state index contributed by atoms with van der Waals surface area (Å²) >= 11 is 6.76. The molecule has 0 N–H and O–H groups in total. The van der Waals surface area contributed by atoms with Crippen LogP contribution in [0.3, 0.4) is 0 Å². The Labute approximate surface area is 290 Å². The molecule has 0 amide bonds. The van der Waals surface area contributed by atoms with Gasteiger partial charge < -0.3 is 0 Å². The van der Waals surface area contributed by atoms with Gasteiger partial charge >= 0.3 is 0 Å². The van der Waals surface area contributed by atoms with Crippen LogP contribution in [0.15, 0.2) is 176 Å². The molecule has 2 heterocycles. The van der Waals surface area contributed by atoms with E-state index in [0.717, 1.165) is 61.5 Å². The number of hydrogen-bond acceptors (Lipinski definition) is 4. The molecule has 0 unspecified atom stereocenters. The highest BCUT2D eigenvalue weighted by molar-refractivity contribution is 6.31. The van der Waals surface area contributed by atoms with Crippen molar-refractivity contribution in [3.63, 3.8) is 0 Å². The Balaban J connectivity index is 1.18. The van der Waals surface area contributed by atoms with Crippen LogP contribution in [0.1, 0.15) is 0 Å². The summed E-state index contributed by atoms with van der Waals surface area (Å²) in [6.45, 7) is 0. The van der Waals surface area contributed by atoms with E-state index in [1.165, 1.54) is 0 Å². The molecule has 0 radical (unpaired) electrons. The number of rotatable bonds is 7. The summed E-state index contributed by atoms with van der Waals surface area (Å²) in [5.41, 5.74) is 10.9. The fourth-order valence-electron chi connectivity index (χ4n) is 5.89. The van der Waals surface area contributed by atoms with Crippen LogP contribution in [0.25, 0.3) is 78.9 Å². The molecule has 6 aromatic carbocycles.